The van der Waals surface area contributed by atoms with E-state index in [1.165, 1.54) is 18.5 Å². The Balaban J connectivity index is 1.83. The third-order valence-electron chi connectivity index (χ3n) is 5.16. The van der Waals surface area contributed by atoms with Crippen LogP contribution in [-0.4, -0.2) is 19.5 Å². The largest absolute Gasteiger partial charge is 0.425 e. The molecule has 0 bridgehead atoms. The van der Waals surface area contributed by atoms with Crippen LogP contribution in [0.4, 0.5) is 10.2 Å². The minimum Gasteiger partial charge on any atom is -0.425 e. The molecule has 0 aliphatic carbocycles. The van der Waals surface area contributed by atoms with Crippen LogP contribution in [0.15, 0.2) is 70.4 Å². The number of nitrogens with zero attached hydrogens (tertiary/aromatic N) is 4. The first-order valence-electron chi connectivity index (χ1n) is 9.29. The van der Waals surface area contributed by atoms with Crippen molar-refractivity contribution in [3.05, 3.63) is 83.2 Å². The van der Waals surface area contributed by atoms with Crippen LogP contribution in [0.2, 0.25) is 0 Å². The Labute approximate surface area is 169 Å². The van der Waals surface area contributed by atoms with E-state index in [1.54, 1.807) is 35.2 Å². The molecule has 0 spiro atoms. The molecule has 1 unspecified atom stereocenters. The summed E-state index contributed by atoms with van der Waals surface area (Å²) in [5.74, 6) is 0.257. The maximum absolute atomic E-state index is 14.1. The van der Waals surface area contributed by atoms with E-state index >= 15 is 0 Å². The van der Waals surface area contributed by atoms with Gasteiger partial charge in [-0.1, -0.05) is 30.3 Å². The lowest BCUT2D eigenvalue weighted by atomic mass is 9.96. The summed E-state index contributed by atoms with van der Waals surface area (Å²) >= 11 is 0. The first kappa shape index (κ1) is 18.0. The van der Waals surface area contributed by atoms with Gasteiger partial charge in [0.1, 0.15) is 23.4 Å². The standard InChI is InChI=1S/C22H16FN5O2/c1-12(28-11-27-18-20(24)25-10-26-21(18)28)19-17(13-5-4-6-14(23)9-13)15-7-2-3-8-16(15)22(29)30-19/h2-12H,1H3,(H2,24,25,26). The van der Waals surface area contributed by atoms with Crippen LogP contribution in [0, 0.1) is 5.82 Å². The highest BCUT2D eigenvalue weighted by Gasteiger charge is 2.23. The molecule has 2 aromatic carbocycles. The van der Waals surface area contributed by atoms with Crippen molar-refractivity contribution in [2.45, 2.75) is 13.0 Å². The molecular weight excluding hydrogens is 385 g/mol. The maximum atomic E-state index is 14.1. The molecule has 0 saturated carbocycles. The average Bonchev–Trinajstić information content (AvgIpc) is 3.19. The van der Waals surface area contributed by atoms with Crippen molar-refractivity contribution in [3.63, 3.8) is 0 Å². The lowest BCUT2D eigenvalue weighted by Gasteiger charge is -2.18. The van der Waals surface area contributed by atoms with Gasteiger partial charge in [-0.2, -0.15) is 0 Å². The fourth-order valence-electron chi connectivity index (χ4n) is 3.73. The van der Waals surface area contributed by atoms with Crippen LogP contribution < -0.4 is 11.4 Å². The minimum absolute atomic E-state index is 0.260. The molecule has 0 aliphatic heterocycles. The number of hydrogen-bond acceptors (Lipinski definition) is 6. The summed E-state index contributed by atoms with van der Waals surface area (Å²) in [6.45, 7) is 1.86. The Bertz CT molecular complexity index is 1470. The van der Waals surface area contributed by atoms with E-state index in [1.807, 2.05) is 19.1 Å². The van der Waals surface area contributed by atoms with Crippen LogP contribution in [0.5, 0.6) is 0 Å². The molecule has 2 N–H and O–H groups in total. The normalized spacial score (nSPS) is 12.5. The van der Waals surface area contributed by atoms with Crippen molar-refractivity contribution in [3.8, 4) is 11.1 Å². The van der Waals surface area contributed by atoms with E-state index in [9.17, 15) is 9.18 Å². The number of aromatic nitrogens is 4. The first-order valence-corrected chi connectivity index (χ1v) is 9.29. The van der Waals surface area contributed by atoms with E-state index < -0.39 is 11.7 Å². The number of imidazole rings is 1. The van der Waals surface area contributed by atoms with Gasteiger partial charge in [0.05, 0.1) is 17.8 Å². The molecule has 30 heavy (non-hydrogen) atoms. The zero-order valence-corrected chi connectivity index (χ0v) is 15.9. The molecule has 0 radical (unpaired) electrons. The van der Waals surface area contributed by atoms with Gasteiger partial charge in [0.2, 0.25) is 0 Å². The Morgan fingerprint density at radius 1 is 1.07 bits per heavy atom. The van der Waals surface area contributed by atoms with Crippen molar-refractivity contribution in [1.29, 1.82) is 0 Å². The van der Waals surface area contributed by atoms with E-state index in [-0.39, 0.29) is 11.6 Å². The Morgan fingerprint density at radius 2 is 1.87 bits per heavy atom. The summed E-state index contributed by atoms with van der Waals surface area (Å²) in [6, 6.07) is 12.8. The van der Waals surface area contributed by atoms with Crippen LogP contribution in [0.3, 0.4) is 0 Å². The van der Waals surface area contributed by atoms with Gasteiger partial charge in [0, 0.05) is 10.9 Å². The van der Waals surface area contributed by atoms with Crippen LogP contribution >= 0.6 is 0 Å². The quantitative estimate of drug-likeness (QED) is 0.492. The maximum Gasteiger partial charge on any atom is 0.343 e. The fourth-order valence-corrected chi connectivity index (χ4v) is 3.73. The Morgan fingerprint density at radius 3 is 2.67 bits per heavy atom. The van der Waals surface area contributed by atoms with Crippen LogP contribution in [0.25, 0.3) is 33.1 Å². The van der Waals surface area contributed by atoms with Gasteiger partial charge in [-0.3, -0.25) is 0 Å². The van der Waals surface area contributed by atoms with Crippen molar-refractivity contribution in [2.75, 3.05) is 5.73 Å². The molecule has 0 amide bonds. The number of fused-ring (bicyclic) bond motifs is 2. The van der Waals surface area contributed by atoms with Gasteiger partial charge >= 0.3 is 5.63 Å². The predicted molar refractivity (Wildman–Crippen MR) is 111 cm³/mol. The Kier molecular flexibility index (Phi) is 4.06. The van der Waals surface area contributed by atoms with Crippen molar-refractivity contribution >= 4 is 27.8 Å². The van der Waals surface area contributed by atoms with E-state index in [0.717, 1.165) is 0 Å². The smallest absolute Gasteiger partial charge is 0.343 e. The van der Waals surface area contributed by atoms with Gasteiger partial charge in [-0.25, -0.2) is 24.1 Å². The summed E-state index contributed by atoms with van der Waals surface area (Å²) in [7, 11) is 0. The predicted octanol–water partition coefficient (Wildman–Crippen LogP) is 3.93. The second-order valence-corrected chi connectivity index (χ2v) is 6.94. The average molecular weight is 401 g/mol. The lowest BCUT2D eigenvalue weighted by Crippen LogP contribution is -2.13. The van der Waals surface area contributed by atoms with Gasteiger partial charge in [-0.15, -0.1) is 0 Å². The topological polar surface area (TPSA) is 99.8 Å². The highest BCUT2D eigenvalue weighted by molar-refractivity contribution is 5.96. The number of halogens is 1. The van der Waals surface area contributed by atoms with Gasteiger partial charge in [0.25, 0.3) is 0 Å². The molecule has 0 saturated heterocycles. The lowest BCUT2D eigenvalue weighted by molar-refractivity contribution is 0.420. The fraction of sp³-hybridized carbons (Fsp3) is 0.0909. The molecule has 148 valence electrons. The third kappa shape index (κ3) is 2.73. The molecular formula is C22H16FN5O2. The summed E-state index contributed by atoms with van der Waals surface area (Å²) in [5.41, 5.74) is 7.65. The number of rotatable bonds is 3. The summed E-state index contributed by atoms with van der Waals surface area (Å²) < 4.78 is 21.6. The van der Waals surface area contributed by atoms with Gasteiger partial charge in [0.15, 0.2) is 11.5 Å². The van der Waals surface area contributed by atoms with E-state index in [2.05, 4.69) is 15.0 Å². The highest BCUT2D eigenvalue weighted by atomic mass is 19.1. The molecule has 3 aromatic heterocycles. The number of hydrogen-bond donors (Lipinski definition) is 1. The second-order valence-electron chi connectivity index (χ2n) is 6.94. The molecule has 5 rings (SSSR count). The molecule has 8 heteroatoms. The first-order chi connectivity index (χ1) is 14.5. The second kappa shape index (κ2) is 6.77. The van der Waals surface area contributed by atoms with Gasteiger partial charge < -0.3 is 14.7 Å². The number of nitrogens with two attached hydrogens (primary N) is 1. The number of anilines is 1. The molecule has 0 aliphatic rings. The third-order valence-corrected chi connectivity index (χ3v) is 5.16. The summed E-state index contributed by atoms with van der Waals surface area (Å²) in [5, 5.41) is 1.11. The van der Waals surface area contributed by atoms with Crippen molar-refractivity contribution in [1.82, 2.24) is 19.5 Å². The molecule has 7 nitrogen and oxygen atoms in total. The SMILES string of the molecule is CC(c1oc(=O)c2ccccc2c1-c1cccc(F)c1)n1cnc2c(N)ncnc21. The van der Waals surface area contributed by atoms with E-state index in [4.69, 9.17) is 10.2 Å². The molecule has 3 heterocycles. The zero-order chi connectivity index (χ0) is 20.8. The Hall–Kier alpha value is -4.07. The molecule has 5 aromatic rings. The zero-order valence-electron chi connectivity index (χ0n) is 15.9. The van der Waals surface area contributed by atoms with Crippen LogP contribution in [0.1, 0.15) is 18.7 Å². The highest BCUT2D eigenvalue weighted by Crippen LogP contribution is 2.36. The summed E-state index contributed by atoms with van der Waals surface area (Å²) in [4.78, 5) is 25.3. The summed E-state index contributed by atoms with van der Waals surface area (Å²) in [6.07, 6.45) is 2.93. The monoisotopic (exact) mass is 401 g/mol. The van der Waals surface area contributed by atoms with Gasteiger partial charge in [-0.05, 0) is 30.7 Å². The minimum atomic E-state index is -0.472. The van der Waals surface area contributed by atoms with Crippen LogP contribution in [-0.2, 0) is 0 Å². The number of benzene rings is 2. The van der Waals surface area contributed by atoms with Crippen molar-refractivity contribution in [2.24, 2.45) is 0 Å². The van der Waals surface area contributed by atoms with Crippen molar-refractivity contribution < 1.29 is 8.81 Å². The number of nitrogen functional groups attached to an aromatic ring is 1. The van der Waals surface area contributed by atoms with E-state index in [0.29, 0.717) is 38.8 Å². The molecule has 0 fully saturated rings. The molecule has 1 atom stereocenters.